The third-order valence-electron chi connectivity index (χ3n) is 9.20. The van der Waals surface area contributed by atoms with Gasteiger partial charge in [0.25, 0.3) is 0 Å². The first kappa shape index (κ1) is 26.0. The molecule has 0 aliphatic heterocycles. The summed E-state index contributed by atoms with van der Waals surface area (Å²) in [7, 11) is 0. The topological polar surface area (TPSA) is 89.9 Å². The number of carbonyl (C=O) groups excluding carboxylic acids is 3. The van der Waals surface area contributed by atoms with Crippen LogP contribution in [-0.2, 0) is 23.9 Å². The number of ketones is 1. The molecule has 9 heteroatoms. The van der Waals surface area contributed by atoms with E-state index in [1.165, 1.54) is 6.08 Å². The van der Waals surface area contributed by atoms with E-state index in [0.29, 0.717) is 19.3 Å². The van der Waals surface area contributed by atoms with E-state index in [1.54, 1.807) is 13.0 Å². The maximum absolute atomic E-state index is 13.5. The van der Waals surface area contributed by atoms with Crippen LogP contribution in [0.5, 0.6) is 0 Å². The number of hydrogen-bond acceptors (Lipinski definition) is 6. The number of alkyl halides is 3. The lowest BCUT2D eigenvalue weighted by atomic mass is 9.45. The number of aliphatic hydroxyl groups is 1. The van der Waals surface area contributed by atoms with Gasteiger partial charge in [-0.05, 0) is 56.6 Å². The lowest BCUT2D eigenvalue weighted by Crippen LogP contribution is -2.69. The Morgan fingerprint density at radius 3 is 2.56 bits per heavy atom. The predicted octanol–water partition coefficient (Wildman–Crippen LogP) is 4.52. The van der Waals surface area contributed by atoms with Crippen molar-refractivity contribution in [3.05, 3.63) is 23.8 Å². The fourth-order valence-corrected chi connectivity index (χ4v) is 8.28. The fourth-order valence-electron chi connectivity index (χ4n) is 7.67. The van der Waals surface area contributed by atoms with E-state index < -0.39 is 50.1 Å². The molecule has 4 aliphatic carbocycles. The normalized spacial score (nSPS) is 45.2. The molecule has 4 rings (SSSR count). The van der Waals surface area contributed by atoms with Gasteiger partial charge in [0.2, 0.25) is 10.4 Å². The van der Waals surface area contributed by atoms with E-state index >= 15 is 0 Å². The van der Waals surface area contributed by atoms with E-state index in [-0.39, 0.29) is 30.6 Å². The summed E-state index contributed by atoms with van der Waals surface area (Å²) in [5.41, 5.74) is -2.44. The Morgan fingerprint density at radius 2 is 1.94 bits per heavy atom. The Morgan fingerprint density at radius 1 is 1.26 bits per heavy atom. The quantitative estimate of drug-likeness (QED) is 0.422. The maximum atomic E-state index is 13.5. The third-order valence-corrected chi connectivity index (χ3v) is 10.5. The van der Waals surface area contributed by atoms with Crippen LogP contribution in [-0.4, -0.2) is 50.9 Å². The van der Waals surface area contributed by atoms with Crippen molar-refractivity contribution in [3.8, 4) is 0 Å². The Hall–Kier alpha value is -1.08. The summed E-state index contributed by atoms with van der Waals surface area (Å²) >= 11 is 19.1. The third kappa shape index (κ3) is 3.21. The van der Waals surface area contributed by atoms with Gasteiger partial charge < -0.3 is 14.6 Å². The fraction of sp³-hybridized carbons (Fsp3) is 0.720. The van der Waals surface area contributed by atoms with Gasteiger partial charge in [-0.3, -0.25) is 4.79 Å². The number of ether oxygens (including phenoxy) is 2. The molecule has 0 bridgehead atoms. The minimum Gasteiger partial charge on any atom is -0.463 e. The number of halogens is 3. The van der Waals surface area contributed by atoms with Crippen LogP contribution < -0.4 is 0 Å². The predicted molar refractivity (Wildman–Crippen MR) is 129 cm³/mol. The zero-order valence-electron chi connectivity index (χ0n) is 19.8. The van der Waals surface area contributed by atoms with Crippen LogP contribution >= 0.6 is 34.8 Å². The highest BCUT2D eigenvalue weighted by molar-refractivity contribution is 6.53. The molecular weight excluding hydrogens is 503 g/mol. The molecule has 0 radical (unpaired) electrons. The average molecular weight is 534 g/mol. The summed E-state index contributed by atoms with van der Waals surface area (Å²) in [5, 5.41) is 11.7. The second-order valence-electron chi connectivity index (χ2n) is 10.6. The molecule has 0 spiro atoms. The molecule has 3 saturated carbocycles. The molecule has 4 aliphatic rings. The molecule has 0 amide bonds. The van der Waals surface area contributed by atoms with Crippen molar-refractivity contribution in [2.24, 2.45) is 28.6 Å². The van der Waals surface area contributed by atoms with Crippen molar-refractivity contribution in [1.82, 2.24) is 0 Å². The van der Waals surface area contributed by atoms with Crippen LogP contribution in [0.15, 0.2) is 23.8 Å². The largest absolute Gasteiger partial charge is 0.463 e. The molecule has 0 heterocycles. The zero-order valence-corrected chi connectivity index (χ0v) is 22.0. The van der Waals surface area contributed by atoms with Gasteiger partial charge in [-0.15, -0.1) is 11.6 Å². The molecular formula is C25H31Cl3O6. The van der Waals surface area contributed by atoms with Gasteiger partial charge >= 0.3 is 11.9 Å². The molecule has 0 aromatic heterocycles. The summed E-state index contributed by atoms with van der Waals surface area (Å²) in [5.74, 6) is -2.44. The standard InChI is InChI=1S/C25H31Cl3O6/c1-5-33-21(32)25(34-20(31)19(26)27)13(2)10-17-16-7-6-14-11-15(29)8-9-22(14,3)24(16,28)18(30)12-23(17,25)4/h8-9,11,13,16-19,30H,5-7,10,12H2,1-4H3/t13-,16-,17-,18-,22-,23-,24-,25-/m0/s1. The van der Waals surface area contributed by atoms with E-state index in [0.717, 1.165) is 5.57 Å². The van der Waals surface area contributed by atoms with Crippen LogP contribution in [0.1, 0.15) is 53.4 Å². The lowest BCUT2D eigenvalue weighted by molar-refractivity contribution is -0.215. The molecule has 8 atom stereocenters. The summed E-state index contributed by atoms with van der Waals surface area (Å²) in [4.78, 5) is 35.7. The number of aliphatic hydroxyl groups excluding tert-OH is 1. The minimum absolute atomic E-state index is 0.0826. The number of fused-ring (bicyclic) bond motifs is 5. The number of allylic oxidation sites excluding steroid dienone is 4. The molecule has 0 unspecified atom stereocenters. The van der Waals surface area contributed by atoms with Gasteiger partial charge in [-0.2, -0.15) is 0 Å². The van der Waals surface area contributed by atoms with Gasteiger partial charge in [0, 0.05) is 16.7 Å². The smallest absolute Gasteiger partial charge is 0.351 e. The van der Waals surface area contributed by atoms with Crippen LogP contribution in [0.2, 0.25) is 0 Å². The number of carbonyl (C=O) groups is 3. The van der Waals surface area contributed by atoms with Gasteiger partial charge in [0.1, 0.15) is 0 Å². The first-order valence-electron chi connectivity index (χ1n) is 11.8. The Kier molecular flexibility index (Phi) is 6.50. The zero-order chi connectivity index (χ0) is 25.3. The lowest BCUT2D eigenvalue weighted by Gasteiger charge is -2.63. The average Bonchev–Trinajstić information content (AvgIpc) is 2.97. The van der Waals surface area contributed by atoms with Crippen molar-refractivity contribution in [2.45, 2.75) is 74.8 Å². The van der Waals surface area contributed by atoms with E-state index in [9.17, 15) is 19.5 Å². The van der Waals surface area contributed by atoms with Crippen LogP contribution in [0.4, 0.5) is 0 Å². The molecule has 188 valence electrons. The molecule has 0 aromatic rings. The molecule has 3 fully saturated rings. The van der Waals surface area contributed by atoms with Crippen molar-refractivity contribution >= 4 is 52.5 Å². The minimum atomic E-state index is -1.67. The number of esters is 2. The Bertz CT molecular complexity index is 978. The highest BCUT2D eigenvalue weighted by Gasteiger charge is 2.77. The summed E-state index contributed by atoms with van der Waals surface area (Å²) in [6, 6.07) is 0. The van der Waals surface area contributed by atoms with Crippen molar-refractivity contribution in [1.29, 1.82) is 0 Å². The van der Waals surface area contributed by atoms with Gasteiger partial charge in [-0.1, -0.05) is 55.6 Å². The second kappa shape index (κ2) is 8.50. The highest BCUT2D eigenvalue weighted by atomic mass is 35.5. The van der Waals surface area contributed by atoms with Crippen LogP contribution in [0.3, 0.4) is 0 Å². The molecule has 34 heavy (non-hydrogen) atoms. The number of hydrogen-bond donors (Lipinski definition) is 1. The van der Waals surface area contributed by atoms with Crippen LogP contribution in [0.25, 0.3) is 0 Å². The van der Waals surface area contributed by atoms with E-state index in [2.05, 4.69) is 0 Å². The highest BCUT2D eigenvalue weighted by Crippen LogP contribution is 2.72. The summed E-state index contributed by atoms with van der Waals surface area (Å²) < 4.78 is 11.3. The van der Waals surface area contributed by atoms with Gasteiger partial charge in [0.15, 0.2) is 5.78 Å². The van der Waals surface area contributed by atoms with Gasteiger partial charge in [-0.25, -0.2) is 9.59 Å². The van der Waals surface area contributed by atoms with Crippen LogP contribution in [0, 0.1) is 28.6 Å². The van der Waals surface area contributed by atoms with E-state index in [4.69, 9.17) is 44.3 Å². The number of rotatable bonds is 4. The Balaban J connectivity index is 1.84. The van der Waals surface area contributed by atoms with Crippen molar-refractivity contribution < 1.29 is 29.0 Å². The summed E-state index contributed by atoms with van der Waals surface area (Å²) in [6.07, 6.45) is 5.85. The first-order valence-corrected chi connectivity index (χ1v) is 13.0. The van der Waals surface area contributed by atoms with E-state index in [1.807, 2.05) is 26.8 Å². The maximum Gasteiger partial charge on any atom is 0.351 e. The SMILES string of the molecule is CCOC(=O)[C@@]1(OC(=O)C(Cl)Cl)[C@@H](C)C[C@H]2[C@@H]3CCC4=CC(=O)C=C[C@]4(C)[C@@]3(Cl)[C@@H](O)C[C@@]21C. The monoisotopic (exact) mass is 532 g/mol. The molecule has 0 aromatic carbocycles. The molecule has 1 N–H and O–H groups in total. The molecule has 0 saturated heterocycles. The van der Waals surface area contributed by atoms with Gasteiger partial charge in [0.05, 0.1) is 17.6 Å². The molecule has 6 nitrogen and oxygen atoms in total. The Labute approximate surface area is 215 Å². The first-order chi connectivity index (χ1) is 15.8. The second-order valence-corrected chi connectivity index (χ2v) is 12.3. The summed E-state index contributed by atoms with van der Waals surface area (Å²) in [6.45, 7) is 7.48. The van der Waals surface area contributed by atoms with Crippen molar-refractivity contribution in [2.75, 3.05) is 6.61 Å². The van der Waals surface area contributed by atoms with Crippen molar-refractivity contribution in [3.63, 3.8) is 0 Å².